The molecule has 0 bridgehead atoms. The van der Waals surface area contributed by atoms with E-state index in [-0.39, 0.29) is 6.10 Å². The molecule has 0 aliphatic carbocycles. The number of hydrogen-bond donors (Lipinski definition) is 1. The summed E-state index contributed by atoms with van der Waals surface area (Å²) in [5, 5.41) is 10.4. The van der Waals surface area contributed by atoms with Gasteiger partial charge in [-0.15, -0.1) is 0 Å². The Morgan fingerprint density at radius 2 is 2.00 bits per heavy atom. The Morgan fingerprint density at radius 3 is 2.50 bits per heavy atom. The van der Waals surface area contributed by atoms with E-state index in [1.807, 2.05) is 49.9 Å². The van der Waals surface area contributed by atoms with Crippen LogP contribution in [0.25, 0.3) is 0 Å². The van der Waals surface area contributed by atoms with Crippen LogP contribution in [0.2, 0.25) is 0 Å². The Kier molecular flexibility index (Phi) is 3.45. The van der Waals surface area contributed by atoms with Crippen molar-refractivity contribution in [1.82, 2.24) is 0 Å². The highest BCUT2D eigenvalue weighted by molar-refractivity contribution is 7.99. The summed E-state index contributed by atoms with van der Waals surface area (Å²) in [5.41, 5.74) is 0.384. The van der Waals surface area contributed by atoms with E-state index < -0.39 is 5.60 Å². The molecule has 2 rings (SSSR count). The first-order chi connectivity index (χ1) is 7.60. The molecule has 1 aliphatic heterocycles. The lowest BCUT2D eigenvalue weighted by Gasteiger charge is -2.22. The lowest BCUT2D eigenvalue weighted by molar-refractivity contribution is 0.0657. The Bertz CT molecular complexity index is 339. The molecular weight excluding hydrogens is 220 g/mol. The molecule has 0 spiro atoms. The second-order valence-electron chi connectivity index (χ2n) is 4.53. The van der Waals surface area contributed by atoms with Gasteiger partial charge in [0, 0.05) is 5.75 Å². The molecule has 1 atom stereocenters. The summed E-state index contributed by atoms with van der Waals surface area (Å²) in [6.45, 7) is 4.02. The first kappa shape index (κ1) is 11.8. The Balaban J connectivity index is 2.12. The van der Waals surface area contributed by atoms with E-state index in [1.165, 1.54) is 0 Å². The topological polar surface area (TPSA) is 29.5 Å². The normalized spacial score (nSPS) is 25.0. The van der Waals surface area contributed by atoms with Crippen molar-refractivity contribution in [3.05, 3.63) is 29.8 Å². The number of benzene rings is 1. The van der Waals surface area contributed by atoms with Crippen LogP contribution in [0.5, 0.6) is 5.75 Å². The minimum Gasteiger partial charge on any atom is -0.491 e. The summed E-state index contributed by atoms with van der Waals surface area (Å²) in [4.78, 5) is 0. The van der Waals surface area contributed by atoms with Crippen molar-refractivity contribution in [3.63, 3.8) is 0 Å². The highest BCUT2D eigenvalue weighted by Gasteiger charge is 2.33. The zero-order chi connectivity index (χ0) is 11.6. The van der Waals surface area contributed by atoms with Crippen LogP contribution >= 0.6 is 11.8 Å². The monoisotopic (exact) mass is 238 g/mol. The fraction of sp³-hybridized carbons (Fsp3) is 0.538. The van der Waals surface area contributed by atoms with Crippen LogP contribution < -0.4 is 4.74 Å². The van der Waals surface area contributed by atoms with Crippen LogP contribution in [0.15, 0.2) is 24.3 Å². The summed E-state index contributed by atoms with van der Waals surface area (Å²) in [7, 11) is 0. The smallest absolute Gasteiger partial charge is 0.119 e. The van der Waals surface area contributed by atoms with E-state index in [2.05, 4.69) is 0 Å². The van der Waals surface area contributed by atoms with Crippen LogP contribution in [0.3, 0.4) is 0 Å². The van der Waals surface area contributed by atoms with Crippen molar-refractivity contribution < 1.29 is 9.84 Å². The molecule has 1 N–H and O–H groups in total. The molecule has 88 valence electrons. The van der Waals surface area contributed by atoms with E-state index in [0.29, 0.717) is 0 Å². The number of aliphatic hydroxyl groups is 1. The van der Waals surface area contributed by atoms with E-state index in [0.717, 1.165) is 29.2 Å². The van der Waals surface area contributed by atoms with E-state index in [4.69, 9.17) is 4.74 Å². The lowest BCUT2D eigenvalue weighted by Crippen LogP contribution is -2.24. The molecule has 1 fully saturated rings. The predicted molar refractivity (Wildman–Crippen MR) is 68.0 cm³/mol. The molecule has 1 aromatic carbocycles. The van der Waals surface area contributed by atoms with Gasteiger partial charge in [0.25, 0.3) is 0 Å². The number of thioether (sulfide) groups is 1. The van der Waals surface area contributed by atoms with E-state index in [1.54, 1.807) is 0 Å². The average Bonchev–Trinajstić information content (AvgIpc) is 2.66. The minimum absolute atomic E-state index is 0.191. The average molecular weight is 238 g/mol. The molecular formula is C13H18O2S. The van der Waals surface area contributed by atoms with Crippen molar-refractivity contribution >= 4 is 11.8 Å². The van der Waals surface area contributed by atoms with Crippen LogP contribution in [0.1, 0.15) is 25.8 Å². The van der Waals surface area contributed by atoms with Crippen molar-refractivity contribution in [2.75, 3.05) is 11.5 Å². The summed E-state index contributed by atoms with van der Waals surface area (Å²) in [6, 6.07) is 7.83. The van der Waals surface area contributed by atoms with Gasteiger partial charge in [0.2, 0.25) is 0 Å². The molecule has 3 heteroatoms. The van der Waals surface area contributed by atoms with Crippen molar-refractivity contribution in [3.8, 4) is 5.75 Å². The van der Waals surface area contributed by atoms with E-state index in [9.17, 15) is 5.11 Å². The minimum atomic E-state index is -0.624. The number of ether oxygens (including phenoxy) is 1. The third-order valence-electron chi connectivity index (χ3n) is 2.76. The number of hydrogen-bond acceptors (Lipinski definition) is 3. The fourth-order valence-corrected chi connectivity index (χ4v) is 3.17. The maximum Gasteiger partial charge on any atom is 0.119 e. The highest BCUT2D eigenvalue weighted by Crippen LogP contribution is 2.37. The Labute approximate surface area is 101 Å². The van der Waals surface area contributed by atoms with Crippen LogP contribution in [0, 0.1) is 0 Å². The van der Waals surface area contributed by atoms with Gasteiger partial charge in [-0.1, -0.05) is 12.1 Å². The molecule has 16 heavy (non-hydrogen) atoms. The number of rotatable bonds is 3. The molecule has 1 unspecified atom stereocenters. The Morgan fingerprint density at radius 1 is 1.31 bits per heavy atom. The zero-order valence-corrected chi connectivity index (χ0v) is 10.6. The summed E-state index contributed by atoms with van der Waals surface area (Å²) < 4.78 is 5.58. The van der Waals surface area contributed by atoms with Gasteiger partial charge >= 0.3 is 0 Å². The van der Waals surface area contributed by atoms with Crippen molar-refractivity contribution in [2.45, 2.75) is 32.0 Å². The van der Waals surface area contributed by atoms with Gasteiger partial charge in [-0.2, -0.15) is 11.8 Å². The van der Waals surface area contributed by atoms with E-state index >= 15 is 0 Å². The maximum atomic E-state index is 10.4. The van der Waals surface area contributed by atoms with Crippen LogP contribution in [0.4, 0.5) is 0 Å². The lowest BCUT2D eigenvalue weighted by atomic mass is 9.93. The molecule has 2 nitrogen and oxygen atoms in total. The third-order valence-corrected chi connectivity index (χ3v) is 3.94. The first-order valence-electron chi connectivity index (χ1n) is 5.67. The van der Waals surface area contributed by atoms with Crippen molar-refractivity contribution in [2.24, 2.45) is 0 Å². The van der Waals surface area contributed by atoms with Gasteiger partial charge < -0.3 is 9.84 Å². The largest absolute Gasteiger partial charge is 0.491 e. The molecule has 1 heterocycles. The predicted octanol–water partition coefficient (Wildman–Crippen LogP) is 2.80. The molecule has 1 aliphatic rings. The van der Waals surface area contributed by atoms with Gasteiger partial charge in [-0.05, 0) is 43.7 Å². The van der Waals surface area contributed by atoms with Crippen LogP contribution in [-0.4, -0.2) is 22.7 Å². The highest BCUT2D eigenvalue weighted by atomic mass is 32.2. The van der Waals surface area contributed by atoms with Crippen molar-refractivity contribution in [1.29, 1.82) is 0 Å². The second-order valence-corrected chi connectivity index (χ2v) is 5.63. The molecule has 1 saturated heterocycles. The maximum absolute atomic E-state index is 10.4. The van der Waals surface area contributed by atoms with Gasteiger partial charge in [0.1, 0.15) is 5.75 Å². The standard InChI is InChI=1S/C13H18O2S/c1-10(2)15-12-5-3-11(4-6-12)13(14)7-8-16-9-13/h3-6,10,14H,7-9H2,1-2H3. The molecule has 0 amide bonds. The van der Waals surface area contributed by atoms with Gasteiger partial charge in [-0.3, -0.25) is 0 Å². The van der Waals surface area contributed by atoms with Gasteiger partial charge in [0.05, 0.1) is 11.7 Å². The fourth-order valence-electron chi connectivity index (χ4n) is 1.90. The molecule has 1 aromatic rings. The first-order valence-corrected chi connectivity index (χ1v) is 6.83. The SMILES string of the molecule is CC(C)Oc1ccc(C2(O)CCSC2)cc1. The quantitative estimate of drug-likeness (QED) is 0.878. The molecule has 0 aromatic heterocycles. The molecule has 0 radical (unpaired) electrons. The summed E-state index contributed by atoms with van der Waals surface area (Å²) >= 11 is 1.81. The summed E-state index contributed by atoms with van der Waals surface area (Å²) in [5.74, 6) is 2.71. The van der Waals surface area contributed by atoms with Crippen LogP contribution in [-0.2, 0) is 5.60 Å². The van der Waals surface area contributed by atoms with Gasteiger partial charge in [-0.25, -0.2) is 0 Å². The second kappa shape index (κ2) is 4.68. The molecule has 0 saturated carbocycles. The zero-order valence-electron chi connectivity index (χ0n) is 9.77. The summed E-state index contributed by atoms with van der Waals surface area (Å²) in [6.07, 6.45) is 1.04. The Hall–Kier alpha value is -0.670. The third kappa shape index (κ3) is 2.53. The van der Waals surface area contributed by atoms with Gasteiger partial charge in [0.15, 0.2) is 0 Å².